The summed E-state index contributed by atoms with van der Waals surface area (Å²) < 4.78 is 0. The molecule has 2 N–H and O–H groups in total. The molecule has 0 amide bonds. The Hall–Kier alpha value is -2.37. The van der Waals surface area contributed by atoms with Gasteiger partial charge in [0, 0.05) is 25.0 Å². The van der Waals surface area contributed by atoms with Crippen LogP contribution in [-0.2, 0) is 0 Å². The molecule has 0 atom stereocenters. The van der Waals surface area contributed by atoms with E-state index in [1.165, 1.54) is 11.3 Å². The monoisotopic (exact) mass is 282 g/mol. The van der Waals surface area contributed by atoms with Crippen LogP contribution in [0.25, 0.3) is 11.0 Å². The number of fused-ring (bicyclic) bond motifs is 1. The number of rotatable bonds is 2. The Morgan fingerprint density at radius 3 is 2.86 bits per heavy atom. The summed E-state index contributed by atoms with van der Waals surface area (Å²) in [5.74, 6) is 1.65. The van der Waals surface area contributed by atoms with Crippen molar-refractivity contribution in [3.8, 4) is 0 Å². The number of hydrogen-bond acceptors (Lipinski definition) is 4. The van der Waals surface area contributed by atoms with Crippen molar-refractivity contribution in [3.63, 3.8) is 0 Å². The third-order valence-corrected chi connectivity index (χ3v) is 4.44. The molecule has 0 aliphatic carbocycles. The molecule has 4 rings (SSSR count). The van der Waals surface area contributed by atoms with Gasteiger partial charge in [-0.1, -0.05) is 0 Å². The summed E-state index contributed by atoms with van der Waals surface area (Å²) in [7, 11) is 0. The number of nitrogens with zero attached hydrogens (tertiary/aromatic N) is 4. The lowest BCUT2D eigenvalue weighted by atomic mass is 9.90. The largest absolute Gasteiger partial charge is 0.356 e. The number of aromatic nitrogens is 5. The molecule has 108 valence electrons. The highest BCUT2D eigenvalue weighted by Crippen LogP contribution is 2.32. The molecular weight excluding hydrogens is 264 g/mol. The lowest BCUT2D eigenvalue weighted by Crippen LogP contribution is -2.33. The molecule has 3 aromatic heterocycles. The summed E-state index contributed by atoms with van der Waals surface area (Å²) in [6.45, 7) is 4.14. The van der Waals surface area contributed by atoms with Crippen LogP contribution in [0.2, 0.25) is 0 Å². The Bertz CT molecular complexity index is 750. The summed E-state index contributed by atoms with van der Waals surface area (Å²) in [5.41, 5.74) is 3.47. The molecule has 1 saturated heterocycles. The average Bonchev–Trinajstić information content (AvgIpc) is 3.15. The number of anilines is 1. The Labute approximate surface area is 122 Å². The highest BCUT2D eigenvalue weighted by atomic mass is 15.2. The minimum Gasteiger partial charge on any atom is -0.356 e. The fourth-order valence-electron chi connectivity index (χ4n) is 3.28. The van der Waals surface area contributed by atoms with Crippen LogP contribution in [0.5, 0.6) is 0 Å². The molecule has 1 fully saturated rings. The maximum Gasteiger partial charge on any atom is 0.142 e. The zero-order valence-electron chi connectivity index (χ0n) is 12.0. The van der Waals surface area contributed by atoms with Gasteiger partial charge in [0.25, 0.3) is 0 Å². The van der Waals surface area contributed by atoms with Crippen molar-refractivity contribution in [2.24, 2.45) is 0 Å². The Balaban J connectivity index is 1.55. The molecule has 0 radical (unpaired) electrons. The fourth-order valence-corrected chi connectivity index (χ4v) is 3.28. The first kappa shape index (κ1) is 12.4. The molecular formula is C15H18N6. The number of nitrogens with one attached hydrogen (secondary N) is 2. The summed E-state index contributed by atoms with van der Waals surface area (Å²) in [5, 5.41) is 8.29. The van der Waals surface area contributed by atoms with Gasteiger partial charge < -0.3 is 9.88 Å². The van der Waals surface area contributed by atoms with Gasteiger partial charge in [-0.15, -0.1) is 0 Å². The first-order valence-corrected chi connectivity index (χ1v) is 7.36. The molecule has 4 heterocycles. The van der Waals surface area contributed by atoms with E-state index in [4.69, 9.17) is 0 Å². The smallest absolute Gasteiger partial charge is 0.142 e. The molecule has 1 aliphatic heterocycles. The van der Waals surface area contributed by atoms with Crippen molar-refractivity contribution in [1.82, 2.24) is 25.1 Å². The van der Waals surface area contributed by atoms with Crippen LogP contribution >= 0.6 is 0 Å². The van der Waals surface area contributed by atoms with E-state index < -0.39 is 0 Å². The summed E-state index contributed by atoms with van der Waals surface area (Å²) in [6, 6.07) is 2.05. The summed E-state index contributed by atoms with van der Waals surface area (Å²) in [6.07, 6.45) is 7.81. The van der Waals surface area contributed by atoms with E-state index in [0.717, 1.165) is 42.8 Å². The number of H-pyrrole nitrogens is 2. The van der Waals surface area contributed by atoms with Crippen LogP contribution in [0, 0.1) is 6.92 Å². The zero-order valence-corrected chi connectivity index (χ0v) is 12.0. The van der Waals surface area contributed by atoms with Gasteiger partial charge in [0.2, 0.25) is 0 Å². The number of piperidine rings is 1. The minimum atomic E-state index is 0.601. The average molecular weight is 282 g/mol. The van der Waals surface area contributed by atoms with E-state index in [-0.39, 0.29) is 0 Å². The zero-order chi connectivity index (χ0) is 14.2. The quantitative estimate of drug-likeness (QED) is 0.757. The molecule has 0 unspecified atom stereocenters. The second kappa shape index (κ2) is 4.87. The summed E-state index contributed by atoms with van der Waals surface area (Å²) in [4.78, 5) is 14.3. The molecule has 6 heteroatoms. The fraction of sp³-hybridized carbons (Fsp3) is 0.400. The van der Waals surface area contributed by atoms with Gasteiger partial charge in [0.1, 0.15) is 17.8 Å². The van der Waals surface area contributed by atoms with Gasteiger partial charge in [0.05, 0.1) is 11.6 Å². The van der Waals surface area contributed by atoms with E-state index in [2.05, 4.69) is 43.0 Å². The van der Waals surface area contributed by atoms with Crippen LogP contribution in [0.15, 0.2) is 24.8 Å². The van der Waals surface area contributed by atoms with Crippen LogP contribution < -0.4 is 4.90 Å². The molecule has 0 spiro atoms. The molecule has 0 saturated carbocycles. The van der Waals surface area contributed by atoms with Crippen molar-refractivity contribution in [2.45, 2.75) is 25.7 Å². The van der Waals surface area contributed by atoms with Gasteiger partial charge in [-0.3, -0.25) is 5.10 Å². The number of hydrogen-bond donors (Lipinski definition) is 2. The lowest BCUT2D eigenvalue weighted by molar-refractivity contribution is 0.502. The van der Waals surface area contributed by atoms with Crippen LogP contribution in [0.3, 0.4) is 0 Å². The van der Waals surface area contributed by atoms with Crippen molar-refractivity contribution in [2.75, 3.05) is 18.0 Å². The predicted octanol–water partition coefficient (Wildman–Crippen LogP) is 2.37. The summed E-state index contributed by atoms with van der Waals surface area (Å²) >= 11 is 0. The van der Waals surface area contributed by atoms with Crippen molar-refractivity contribution in [1.29, 1.82) is 0 Å². The van der Waals surface area contributed by atoms with Crippen molar-refractivity contribution < 1.29 is 0 Å². The molecule has 21 heavy (non-hydrogen) atoms. The Morgan fingerprint density at radius 1 is 1.24 bits per heavy atom. The van der Waals surface area contributed by atoms with Gasteiger partial charge >= 0.3 is 0 Å². The third-order valence-electron chi connectivity index (χ3n) is 4.44. The van der Waals surface area contributed by atoms with Gasteiger partial charge in [-0.2, -0.15) is 5.10 Å². The Morgan fingerprint density at radius 2 is 2.10 bits per heavy atom. The maximum absolute atomic E-state index is 4.48. The second-order valence-corrected chi connectivity index (χ2v) is 5.65. The van der Waals surface area contributed by atoms with Gasteiger partial charge in [-0.25, -0.2) is 9.97 Å². The molecule has 3 aromatic rings. The standard InChI is InChI=1S/C15H18N6/c1-10-13(8-19-20-10)11-3-6-21(7-4-11)15-12-2-5-16-14(12)17-9-18-15/h2,5,8-9,11H,3-4,6-7H2,1H3,(H,19,20)(H,16,17,18). The molecule has 6 nitrogen and oxygen atoms in total. The normalized spacial score (nSPS) is 16.7. The first-order chi connectivity index (χ1) is 10.3. The van der Waals surface area contributed by atoms with Crippen LogP contribution in [-0.4, -0.2) is 38.2 Å². The van der Waals surface area contributed by atoms with Gasteiger partial charge in [-0.05, 0) is 37.3 Å². The highest BCUT2D eigenvalue weighted by Gasteiger charge is 2.24. The van der Waals surface area contributed by atoms with E-state index >= 15 is 0 Å². The highest BCUT2D eigenvalue weighted by molar-refractivity contribution is 5.87. The number of aromatic amines is 2. The predicted molar refractivity (Wildman–Crippen MR) is 81.4 cm³/mol. The van der Waals surface area contributed by atoms with Crippen LogP contribution in [0.4, 0.5) is 5.82 Å². The van der Waals surface area contributed by atoms with Crippen molar-refractivity contribution in [3.05, 3.63) is 36.0 Å². The van der Waals surface area contributed by atoms with E-state index in [0.29, 0.717) is 5.92 Å². The minimum absolute atomic E-state index is 0.601. The molecule has 0 aromatic carbocycles. The Kier molecular flexibility index (Phi) is 2.87. The maximum atomic E-state index is 4.48. The van der Waals surface area contributed by atoms with E-state index in [1.807, 2.05) is 12.4 Å². The van der Waals surface area contributed by atoms with Crippen molar-refractivity contribution >= 4 is 16.9 Å². The topological polar surface area (TPSA) is 73.5 Å². The van der Waals surface area contributed by atoms with E-state index in [1.54, 1.807) is 6.33 Å². The number of aryl methyl sites for hydroxylation is 1. The molecule has 1 aliphatic rings. The SMILES string of the molecule is Cc1[nH]ncc1C1CCN(c2ncnc3[nH]ccc23)CC1. The van der Waals surface area contributed by atoms with Crippen LogP contribution in [0.1, 0.15) is 30.0 Å². The molecule has 0 bridgehead atoms. The van der Waals surface area contributed by atoms with E-state index in [9.17, 15) is 0 Å². The third kappa shape index (κ3) is 2.07. The first-order valence-electron chi connectivity index (χ1n) is 7.36. The lowest BCUT2D eigenvalue weighted by Gasteiger charge is -2.33. The van der Waals surface area contributed by atoms with Gasteiger partial charge in [0.15, 0.2) is 0 Å². The second-order valence-electron chi connectivity index (χ2n) is 5.65.